The van der Waals surface area contributed by atoms with Crippen LogP contribution in [-0.4, -0.2) is 17.0 Å². The molecule has 0 aliphatic heterocycles. The Kier molecular flexibility index (Phi) is 3.70. The molecule has 20 heavy (non-hydrogen) atoms. The number of aryl methyl sites for hydroxylation is 1. The first-order valence-electron chi connectivity index (χ1n) is 5.89. The Hall–Kier alpha value is -2.82. The van der Waals surface area contributed by atoms with Crippen molar-refractivity contribution in [3.63, 3.8) is 0 Å². The Morgan fingerprint density at radius 3 is 2.55 bits per heavy atom. The fourth-order valence-electron chi connectivity index (χ4n) is 1.74. The van der Waals surface area contributed by atoms with Gasteiger partial charge in [-0.15, -0.1) is 0 Å². The van der Waals surface area contributed by atoms with Crippen LogP contribution in [0, 0.1) is 6.92 Å². The average Bonchev–Trinajstić information content (AvgIpc) is 2.41. The molecule has 0 bridgehead atoms. The highest BCUT2D eigenvalue weighted by Crippen LogP contribution is 2.26. The Morgan fingerprint density at radius 2 is 1.90 bits per heavy atom. The molecule has 3 N–H and O–H groups in total. The summed E-state index contributed by atoms with van der Waals surface area (Å²) in [7, 11) is 0. The molecule has 5 heteroatoms. The maximum atomic E-state index is 11.2. The summed E-state index contributed by atoms with van der Waals surface area (Å²) < 4.78 is 5.53. The second kappa shape index (κ2) is 5.44. The lowest BCUT2D eigenvalue weighted by molar-refractivity contribution is 0.0693. The third kappa shape index (κ3) is 2.95. The Labute approximate surface area is 115 Å². The zero-order valence-corrected chi connectivity index (χ0v) is 10.8. The van der Waals surface area contributed by atoms with Gasteiger partial charge in [0.15, 0.2) is 0 Å². The van der Waals surface area contributed by atoms with E-state index in [2.05, 4.69) is 0 Å². The van der Waals surface area contributed by atoms with Gasteiger partial charge in [-0.2, -0.15) is 0 Å². The molecule has 102 valence electrons. The second-order valence-corrected chi connectivity index (χ2v) is 4.30. The van der Waals surface area contributed by atoms with E-state index in [1.54, 1.807) is 37.3 Å². The second-order valence-electron chi connectivity index (χ2n) is 4.30. The molecule has 0 saturated heterocycles. The molecule has 0 unspecified atom stereocenters. The number of nitrogens with two attached hydrogens (primary N) is 1. The van der Waals surface area contributed by atoms with Crippen LogP contribution in [0.25, 0.3) is 0 Å². The summed E-state index contributed by atoms with van der Waals surface area (Å²) in [6.07, 6.45) is 0. The molecule has 0 aliphatic carbocycles. The van der Waals surface area contributed by atoms with Crippen LogP contribution < -0.4 is 10.5 Å². The number of rotatable bonds is 4. The number of carbonyl (C=O) groups excluding carboxylic acids is 1. The predicted molar refractivity (Wildman–Crippen MR) is 73.2 cm³/mol. The van der Waals surface area contributed by atoms with Gasteiger partial charge in [-0.3, -0.25) is 4.79 Å². The van der Waals surface area contributed by atoms with E-state index in [9.17, 15) is 9.59 Å². The topological polar surface area (TPSA) is 89.6 Å². The number of ether oxygens (including phenoxy) is 1. The molecule has 0 spiro atoms. The molecular weight excluding hydrogens is 258 g/mol. The van der Waals surface area contributed by atoms with Crippen molar-refractivity contribution in [3.05, 3.63) is 59.2 Å². The lowest BCUT2D eigenvalue weighted by atomic mass is 10.1. The lowest BCUT2D eigenvalue weighted by Gasteiger charge is -2.10. The predicted octanol–water partition coefficient (Wildman–Crippen LogP) is 2.58. The molecule has 2 aromatic carbocycles. The van der Waals surface area contributed by atoms with Crippen LogP contribution in [0.3, 0.4) is 0 Å². The van der Waals surface area contributed by atoms with E-state index in [0.717, 1.165) is 5.56 Å². The minimum Gasteiger partial charge on any atom is -0.478 e. The standard InChI is InChI=1S/C15H13NO4/c1-9-5-6-13(12(7-9)15(18)19)20-11-4-2-3-10(8-11)14(16)17/h2-8H,1H3,(H2,16,17)(H,18,19). The maximum Gasteiger partial charge on any atom is 0.339 e. The van der Waals surface area contributed by atoms with E-state index in [1.165, 1.54) is 12.1 Å². The van der Waals surface area contributed by atoms with Crippen molar-refractivity contribution in [3.8, 4) is 11.5 Å². The van der Waals surface area contributed by atoms with Gasteiger partial charge in [0.2, 0.25) is 5.91 Å². The van der Waals surface area contributed by atoms with E-state index >= 15 is 0 Å². The number of aromatic carboxylic acids is 1. The first-order valence-corrected chi connectivity index (χ1v) is 5.89. The SMILES string of the molecule is Cc1ccc(Oc2cccc(C(N)=O)c2)c(C(=O)O)c1. The molecule has 2 rings (SSSR count). The normalized spacial score (nSPS) is 10.1. The molecule has 0 saturated carbocycles. The smallest absolute Gasteiger partial charge is 0.339 e. The van der Waals surface area contributed by atoms with Gasteiger partial charge in [0.05, 0.1) is 0 Å². The van der Waals surface area contributed by atoms with Gasteiger partial charge in [0.1, 0.15) is 17.1 Å². The quantitative estimate of drug-likeness (QED) is 0.894. The molecule has 0 aromatic heterocycles. The number of primary amides is 1. The van der Waals surface area contributed by atoms with Crippen LogP contribution in [0.2, 0.25) is 0 Å². The number of hydrogen-bond donors (Lipinski definition) is 2. The number of carboxylic acid groups (broad SMARTS) is 1. The molecule has 0 heterocycles. The van der Waals surface area contributed by atoms with Crippen LogP contribution in [0.1, 0.15) is 26.3 Å². The minimum absolute atomic E-state index is 0.0643. The lowest BCUT2D eigenvalue weighted by Crippen LogP contribution is -2.10. The number of carbonyl (C=O) groups is 2. The number of carboxylic acids is 1. The summed E-state index contributed by atoms with van der Waals surface area (Å²) in [4.78, 5) is 22.3. The number of amides is 1. The summed E-state index contributed by atoms with van der Waals surface area (Å²) in [5.41, 5.74) is 6.37. The fourth-order valence-corrected chi connectivity index (χ4v) is 1.74. The van der Waals surface area contributed by atoms with Crippen molar-refractivity contribution in [1.82, 2.24) is 0 Å². The van der Waals surface area contributed by atoms with Crippen molar-refractivity contribution in [2.24, 2.45) is 5.73 Å². The monoisotopic (exact) mass is 271 g/mol. The highest BCUT2D eigenvalue weighted by molar-refractivity contribution is 5.93. The van der Waals surface area contributed by atoms with E-state index in [1.807, 2.05) is 0 Å². The van der Waals surface area contributed by atoms with Crippen molar-refractivity contribution in [1.29, 1.82) is 0 Å². The van der Waals surface area contributed by atoms with Gasteiger partial charge in [-0.25, -0.2) is 4.79 Å². The van der Waals surface area contributed by atoms with Crippen molar-refractivity contribution in [2.75, 3.05) is 0 Å². The number of benzene rings is 2. The third-order valence-electron chi connectivity index (χ3n) is 2.71. The summed E-state index contributed by atoms with van der Waals surface area (Å²) in [6.45, 7) is 1.80. The van der Waals surface area contributed by atoms with Crippen LogP contribution >= 0.6 is 0 Å². The van der Waals surface area contributed by atoms with E-state index in [-0.39, 0.29) is 11.3 Å². The first kappa shape index (κ1) is 13.6. The Bertz CT molecular complexity index is 679. The summed E-state index contributed by atoms with van der Waals surface area (Å²) >= 11 is 0. The van der Waals surface area contributed by atoms with E-state index in [4.69, 9.17) is 15.6 Å². The molecule has 0 atom stereocenters. The zero-order chi connectivity index (χ0) is 14.7. The van der Waals surface area contributed by atoms with Crippen LogP contribution in [0.5, 0.6) is 11.5 Å². The first-order chi connectivity index (χ1) is 9.47. The van der Waals surface area contributed by atoms with Gasteiger partial charge >= 0.3 is 5.97 Å². The van der Waals surface area contributed by atoms with E-state index < -0.39 is 11.9 Å². The molecule has 0 aliphatic rings. The largest absolute Gasteiger partial charge is 0.478 e. The summed E-state index contributed by atoms with van der Waals surface area (Å²) in [6, 6.07) is 11.1. The molecule has 0 fully saturated rings. The molecule has 1 amide bonds. The van der Waals surface area contributed by atoms with Crippen LogP contribution in [0.15, 0.2) is 42.5 Å². The van der Waals surface area contributed by atoms with Crippen molar-refractivity contribution >= 4 is 11.9 Å². The van der Waals surface area contributed by atoms with Crippen LogP contribution in [0.4, 0.5) is 0 Å². The molecule has 0 radical (unpaired) electrons. The van der Waals surface area contributed by atoms with Crippen molar-refractivity contribution < 1.29 is 19.4 Å². The summed E-state index contributed by atoms with van der Waals surface area (Å²) in [5, 5.41) is 9.16. The van der Waals surface area contributed by atoms with Crippen LogP contribution in [-0.2, 0) is 0 Å². The minimum atomic E-state index is -1.07. The third-order valence-corrected chi connectivity index (χ3v) is 2.71. The van der Waals surface area contributed by atoms with Gasteiger partial charge in [0.25, 0.3) is 0 Å². The Morgan fingerprint density at radius 1 is 1.15 bits per heavy atom. The highest BCUT2D eigenvalue weighted by Gasteiger charge is 2.12. The van der Waals surface area contributed by atoms with Crippen molar-refractivity contribution in [2.45, 2.75) is 6.92 Å². The molecular formula is C15H13NO4. The zero-order valence-electron chi connectivity index (χ0n) is 10.8. The van der Waals surface area contributed by atoms with Gasteiger partial charge in [-0.05, 0) is 37.3 Å². The van der Waals surface area contributed by atoms with Gasteiger partial charge < -0.3 is 15.6 Å². The fraction of sp³-hybridized carbons (Fsp3) is 0.0667. The average molecular weight is 271 g/mol. The number of hydrogen-bond acceptors (Lipinski definition) is 3. The maximum absolute atomic E-state index is 11.2. The van der Waals surface area contributed by atoms with Gasteiger partial charge in [0, 0.05) is 5.56 Å². The van der Waals surface area contributed by atoms with E-state index in [0.29, 0.717) is 11.3 Å². The molecule has 2 aromatic rings. The Balaban J connectivity index is 2.37. The summed E-state index contributed by atoms with van der Waals surface area (Å²) in [5.74, 6) is -1.08. The highest BCUT2D eigenvalue weighted by atomic mass is 16.5. The van der Waals surface area contributed by atoms with Gasteiger partial charge in [-0.1, -0.05) is 17.7 Å². The molecule has 5 nitrogen and oxygen atoms in total.